The van der Waals surface area contributed by atoms with E-state index < -0.39 is 0 Å². The van der Waals surface area contributed by atoms with E-state index in [-0.39, 0.29) is 25.5 Å². The predicted octanol–water partition coefficient (Wildman–Crippen LogP) is 12.4. The molecule has 0 saturated carbocycles. The van der Waals surface area contributed by atoms with Crippen molar-refractivity contribution in [2.24, 2.45) is 0 Å². The summed E-state index contributed by atoms with van der Waals surface area (Å²) in [5.41, 5.74) is 13.2. The maximum absolute atomic E-state index is 6.65. The fraction of sp³-hybridized carbons (Fsp3) is 0.182. The molecule has 3 nitrogen and oxygen atoms in total. The number of rotatable bonds is 3. The van der Waals surface area contributed by atoms with Gasteiger partial charge in [-0.05, 0) is 89.3 Å². The summed E-state index contributed by atoms with van der Waals surface area (Å²) in [7, 11) is 0. The molecule has 0 N–H and O–H groups in total. The number of nitrogens with zero attached hydrogens (tertiary/aromatic N) is 2. The zero-order valence-electron chi connectivity index (χ0n) is 28.9. The van der Waals surface area contributed by atoms with Crippen LogP contribution in [0.4, 0.5) is 0 Å². The van der Waals surface area contributed by atoms with Crippen LogP contribution in [-0.2, 0) is 25.5 Å². The first-order chi connectivity index (χ1) is 23.1. The molecule has 0 bridgehead atoms. The number of furan rings is 1. The summed E-state index contributed by atoms with van der Waals surface area (Å²) >= 11 is 1.81. The molecule has 0 atom stereocenters. The van der Waals surface area contributed by atoms with Crippen molar-refractivity contribution >= 4 is 43.4 Å². The van der Waals surface area contributed by atoms with Crippen LogP contribution < -0.4 is 0 Å². The van der Waals surface area contributed by atoms with Crippen LogP contribution in [0.1, 0.15) is 47.9 Å². The average molecular weight is 835 g/mol. The maximum atomic E-state index is 6.65. The van der Waals surface area contributed by atoms with E-state index >= 15 is 0 Å². The van der Waals surface area contributed by atoms with Crippen molar-refractivity contribution in [3.05, 3.63) is 143 Å². The third-order valence-corrected chi connectivity index (χ3v) is 10.3. The number of benzene rings is 4. The summed E-state index contributed by atoms with van der Waals surface area (Å²) in [5, 5.41) is 3.54. The van der Waals surface area contributed by atoms with Gasteiger partial charge in [0, 0.05) is 42.8 Å². The quantitative estimate of drug-likeness (QED) is 0.166. The Bertz CT molecular complexity index is 2360. The van der Waals surface area contributed by atoms with Crippen LogP contribution in [-0.4, -0.2) is 9.97 Å². The van der Waals surface area contributed by atoms with Crippen LogP contribution in [0.15, 0.2) is 108 Å². The first-order valence-corrected chi connectivity index (χ1v) is 17.1. The summed E-state index contributed by atoms with van der Waals surface area (Å²) in [6.07, 6.45) is 3.84. The number of thiophene rings is 1. The second-order valence-electron chi connectivity index (χ2n) is 13.4. The summed E-state index contributed by atoms with van der Waals surface area (Å²) in [6, 6.07) is 37.6. The Kier molecular flexibility index (Phi) is 9.73. The fourth-order valence-corrected chi connectivity index (χ4v) is 7.64. The van der Waals surface area contributed by atoms with Gasteiger partial charge in [0.05, 0.1) is 10.3 Å². The predicted molar refractivity (Wildman–Crippen MR) is 203 cm³/mol. The topological polar surface area (TPSA) is 38.9 Å². The molecule has 0 aliphatic rings. The van der Waals surface area contributed by atoms with Gasteiger partial charge in [0.1, 0.15) is 5.58 Å². The van der Waals surface area contributed by atoms with E-state index in [1.807, 2.05) is 59.9 Å². The van der Waals surface area contributed by atoms with E-state index in [0.29, 0.717) is 0 Å². The van der Waals surface area contributed by atoms with Gasteiger partial charge in [0.2, 0.25) is 0 Å². The Labute approximate surface area is 306 Å². The minimum Gasteiger partial charge on any atom is -0.499 e. The van der Waals surface area contributed by atoms with E-state index in [1.165, 1.54) is 48.3 Å². The minimum absolute atomic E-state index is 0. The zero-order valence-corrected chi connectivity index (χ0v) is 32.1. The van der Waals surface area contributed by atoms with Crippen molar-refractivity contribution in [3.63, 3.8) is 0 Å². The van der Waals surface area contributed by atoms with E-state index in [9.17, 15) is 0 Å². The van der Waals surface area contributed by atoms with Gasteiger partial charge in [-0.15, -0.1) is 65.4 Å². The molecule has 8 aromatic rings. The SMILES string of the molecule is Cc1cccc(C)c1-c1cc(-c2[c-]ccc3c2oc2c3ccc3c(C)c(C)sc32)ncc1C(C)(C)C.[Ir].[c-]1ccccc1-c1ccccn1. The van der Waals surface area contributed by atoms with Crippen molar-refractivity contribution < 1.29 is 24.5 Å². The van der Waals surface area contributed by atoms with Crippen LogP contribution in [0, 0.1) is 39.8 Å². The van der Waals surface area contributed by atoms with Crippen LogP contribution in [0.25, 0.3) is 65.7 Å². The van der Waals surface area contributed by atoms with Crippen molar-refractivity contribution in [2.75, 3.05) is 0 Å². The number of fused-ring (bicyclic) bond motifs is 5. The third kappa shape index (κ3) is 6.51. The molecule has 0 spiro atoms. The van der Waals surface area contributed by atoms with Crippen molar-refractivity contribution in [1.29, 1.82) is 0 Å². The molecule has 5 heteroatoms. The van der Waals surface area contributed by atoms with E-state index in [4.69, 9.17) is 9.40 Å². The molecular weight excluding hydrogens is 797 g/mol. The molecule has 0 aliphatic carbocycles. The third-order valence-electron chi connectivity index (χ3n) is 9.11. The minimum atomic E-state index is -0.0365. The summed E-state index contributed by atoms with van der Waals surface area (Å²) in [6.45, 7) is 15.5. The molecule has 1 radical (unpaired) electrons. The van der Waals surface area contributed by atoms with E-state index in [2.05, 4.69) is 114 Å². The maximum Gasteiger partial charge on any atom is 0.138 e. The molecule has 0 saturated heterocycles. The number of hydrogen-bond donors (Lipinski definition) is 0. The Balaban J connectivity index is 0.000000270. The summed E-state index contributed by atoms with van der Waals surface area (Å²) < 4.78 is 7.87. The first-order valence-electron chi connectivity index (χ1n) is 16.3. The second-order valence-corrected chi connectivity index (χ2v) is 14.6. The first kappa shape index (κ1) is 34.5. The zero-order chi connectivity index (χ0) is 33.6. The Hall–Kier alpha value is -4.41. The van der Waals surface area contributed by atoms with Crippen molar-refractivity contribution in [1.82, 2.24) is 9.97 Å². The Morgan fingerprint density at radius 3 is 2.12 bits per heavy atom. The standard InChI is InChI=1S/C33H30NOS.C11H8N.Ir/c1-18-10-8-11-19(2)29(18)26-16-28(34-17-27(26)33(5,6)7)25-13-9-12-23-24-15-14-22-20(3)21(4)36-32(22)31(24)35-30(23)25;1-2-6-10(7-3-1)11-8-4-5-9-12-11;/h8-12,14-17H,1-7H3;1-6,8-9H;/q2*-1;. The molecule has 247 valence electrons. The fourth-order valence-electron chi connectivity index (χ4n) is 6.50. The molecule has 4 aromatic heterocycles. The molecule has 4 heterocycles. The van der Waals surface area contributed by atoms with Gasteiger partial charge in [0.15, 0.2) is 0 Å². The average Bonchev–Trinajstić information content (AvgIpc) is 3.62. The van der Waals surface area contributed by atoms with Crippen molar-refractivity contribution in [2.45, 2.75) is 53.9 Å². The van der Waals surface area contributed by atoms with Crippen LogP contribution in [0.5, 0.6) is 0 Å². The molecule has 0 amide bonds. The van der Waals surface area contributed by atoms with Crippen molar-refractivity contribution in [3.8, 4) is 33.6 Å². The molecule has 49 heavy (non-hydrogen) atoms. The largest absolute Gasteiger partial charge is 0.499 e. The van der Waals surface area contributed by atoms with Gasteiger partial charge < -0.3 is 14.4 Å². The van der Waals surface area contributed by atoms with Gasteiger partial charge in [-0.25, -0.2) is 0 Å². The van der Waals surface area contributed by atoms with E-state index in [1.54, 1.807) is 6.20 Å². The monoisotopic (exact) mass is 835 g/mol. The second kappa shape index (κ2) is 13.8. The van der Waals surface area contributed by atoms with Crippen LogP contribution in [0.2, 0.25) is 0 Å². The molecule has 4 aromatic carbocycles. The van der Waals surface area contributed by atoms with Crippen LogP contribution in [0.3, 0.4) is 0 Å². The van der Waals surface area contributed by atoms with Gasteiger partial charge in [-0.2, -0.15) is 0 Å². The molecule has 0 fully saturated rings. The van der Waals surface area contributed by atoms with Gasteiger partial charge in [-0.1, -0.05) is 80.3 Å². The number of aromatic nitrogens is 2. The van der Waals surface area contributed by atoms with E-state index in [0.717, 1.165) is 44.5 Å². The number of pyridine rings is 2. The molecule has 8 rings (SSSR count). The molecule has 0 aliphatic heterocycles. The van der Waals surface area contributed by atoms with Gasteiger partial charge >= 0.3 is 0 Å². The number of aryl methyl sites for hydroxylation is 4. The van der Waals surface area contributed by atoms with Gasteiger partial charge in [-0.3, -0.25) is 0 Å². The van der Waals surface area contributed by atoms with Gasteiger partial charge in [0.25, 0.3) is 0 Å². The normalized spacial score (nSPS) is 11.4. The molecule has 0 unspecified atom stereocenters. The summed E-state index contributed by atoms with van der Waals surface area (Å²) in [5.74, 6) is 0. The smallest absolute Gasteiger partial charge is 0.138 e. The number of hydrogen-bond acceptors (Lipinski definition) is 4. The molecular formula is C44H38IrN2OS-2. The summed E-state index contributed by atoms with van der Waals surface area (Å²) in [4.78, 5) is 10.5. The Morgan fingerprint density at radius 2 is 1.43 bits per heavy atom. The van der Waals surface area contributed by atoms with Crippen LogP contribution >= 0.6 is 11.3 Å². The Morgan fingerprint density at radius 1 is 0.694 bits per heavy atom.